The van der Waals surface area contributed by atoms with Crippen LogP contribution in [0.4, 0.5) is 0 Å². The third-order valence-corrected chi connectivity index (χ3v) is 3.95. The van der Waals surface area contributed by atoms with Crippen molar-refractivity contribution in [3.8, 4) is 0 Å². The zero-order valence-electron chi connectivity index (χ0n) is 11.4. The zero-order chi connectivity index (χ0) is 15.4. The number of hydrogen-bond acceptors (Lipinski definition) is 6. The van der Waals surface area contributed by atoms with Gasteiger partial charge in [0.2, 0.25) is 0 Å². The first-order chi connectivity index (χ1) is 10.0. The Morgan fingerprint density at radius 3 is 2.86 bits per heavy atom. The molecule has 2 unspecified atom stereocenters. The monoisotopic (exact) mass is 309 g/mol. The SMILES string of the molecule is CC(=O)SCC(=O)C(c1ccco1)N1CC=CC1C(=O)O. The maximum Gasteiger partial charge on any atom is 0.324 e. The fourth-order valence-corrected chi connectivity index (χ4v) is 2.73. The highest BCUT2D eigenvalue weighted by molar-refractivity contribution is 8.14. The predicted octanol–water partition coefficient (Wildman–Crippen LogP) is 1.49. The highest BCUT2D eigenvalue weighted by Gasteiger charge is 2.38. The molecule has 1 aromatic rings. The average Bonchev–Trinajstić information content (AvgIpc) is 3.08. The van der Waals surface area contributed by atoms with Crippen LogP contribution in [-0.2, 0) is 14.4 Å². The highest BCUT2D eigenvalue weighted by atomic mass is 32.2. The number of Topliss-reactive ketones (excluding diaryl/α,β-unsaturated/α-hetero) is 1. The molecule has 0 bridgehead atoms. The Kier molecular flexibility index (Phi) is 4.98. The molecule has 2 atom stereocenters. The minimum atomic E-state index is -1.02. The first-order valence-corrected chi connectivity index (χ1v) is 7.34. The molecular weight excluding hydrogens is 294 g/mol. The number of aliphatic carboxylic acids is 1. The number of carbonyl (C=O) groups is 3. The zero-order valence-corrected chi connectivity index (χ0v) is 12.2. The number of carbonyl (C=O) groups excluding carboxylic acids is 2. The third kappa shape index (κ3) is 3.62. The molecule has 112 valence electrons. The number of ketones is 1. The number of rotatable bonds is 6. The van der Waals surface area contributed by atoms with Gasteiger partial charge in [0.15, 0.2) is 10.9 Å². The van der Waals surface area contributed by atoms with E-state index in [1.54, 1.807) is 29.2 Å². The fraction of sp³-hybridized carbons (Fsp3) is 0.357. The first kappa shape index (κ1) is 15.5. The van der Waals surface area contributed by atoms with Crippen molar-refractivity contribution >= 4 is 28.6 Å². The summed E-state index contributed by atoms with van der Waals surface area (Å²) in [5.41, 5.74) is 0. The van der Waals surface area contributed by atoms with E-state index in [1.165, 1.54) is 13.2 Å². The lowest BCUT2D eigenvalue weighted by Gasteiger charge is -2.28. The predicted molar refractivity (Wildman–Crippen MR) is 76.9 cm³/mol. The van der Waals surface area contributed by atoms with Crippen LogP contribution in [0.5, 0.6) is 0 Å². The molecule has 21 heavy (non-hydrogen) atoms. The van der Waals surface area contributed by atoms with Gasteiger partial charge in [-0.3, -0.25) is 19.3 Å². The van der Waals surface area contributed by atoms with E-state index in [1.807, 2.05) is 0 Å². The van der Waals surface area contributed by atoms with Gasteiger partial charge < -0.3 is 9.52 Å². The maximum atomic E-state index is 12.4. The van der Waals surface area contributed by atoms with Crippen molar-refractivity contribution in [1.29, 1.82) is 0 Å². The highest BCUT2D eigenvalue weighted by Crippen LogP contribution is 2.29. The molecule has 0 aromatic carbocycles. The van der Waals surface area contributed by atoms with Gasteiger partial charge in [0.1, 0.15) is 17.8 Å². The van der Waals surface area contributed by atoms with Crippen LogP contribution in [-0.4, -0.2) is 45.2 Å². The van der Waals surface area contributed by atoms with Crippen LogP contribution in [0.1, 0.15) is 18.7 Å². The number of furan rings is 1. The molecule has 0 aliphatic carbocycles. The van der Waals surface area contributed by atoms with E-state index in [4.69, 9.17) is 4.42 Å². The standard InChI is InChI=1S/C14H15NO5S/c1-9(16)21-8-11(17)13(12-5-3-7-20-12)15-6-2-4-10(15)14(18)19/h2-5,7,10,13H,6,8H2,1H3,(H,18,19). The molecule has 1 aliphatic heterocycles. The Bertz CT molecular complexity index is 566. The second kappa shape index (κ2) is 6.73. The lowest BCUT2D eigenvalue weighted by atomic mass is 10.1. The summed E-state index contributed by atoms with van der Waals surface area (Å²) in [5, 5.41) is 9.08. The van der Waals surface area contributed by atoms with E-state index in [9.17, 15) is 19.5 Å². The molecular formula is C14H15NO5S. The van der Waals surface area contributed by atoms with Crippen molar-refractivity contribution in [3.63, 3.8) is 0 Å². The van der Waals surface area contributed by atoms with Crippen LogP contribution < -0.4 is 0 Å². The van der Waals surface area contributed by atoms with E-state index in [2.05, 4.69) is 0 Å². The van der Waals surface area contributed by atoms with Gasteiger partial charge in [0.25, 0.3) is 0 Å². The summed E-state index contributed by atoms with van der Waals surface area (Å²) in [6.45, 7) is 1.73. The van der Waals surface area contributed by atoms with Crippen molar-refractivity contribution in [3.05, 3.63) is 36.3 Å². The Labute approximate surface area is 125 Å². The summed E-state index contributed by atoms with van der Waals surface area (Å²) in [5.74, 6) is -0.893. The molecule has 1 N–H and O–H groups in total. The van der Waals surface area contributed by atoms with Crippen LogP contribution in [0.25, 0.3) is 0 Å². The normalized spacial score (nSPS) is 19.6. The molecule has 2 heterocycles. The van der Waals surface area contributed by atoms with Crippen molar-refractivity contribution in [2.75, 3.05) is 12.3 Å². The summed E-state index contributed by atoms with van der Waals surface area (Å²) in [4.78, 5) is 36.3. The van der Waals surface area contributed by atoms with Gasteiger partial charge in [-0.1, -0.05) is 23.9 Å². The Balaban J connectivity index is 2.23. The Morgan fingerprint density at radius 2 is 2.29 bits per heavy atom. The molecule has 2 rings (SSSR count). The molecule has 0 amide bonds. The minimum Gasteiger partial charge on any atom is -0.480 e. The molecule has 0 spiro atoms. The van der Waals surface area contributed by atoms with Crippen molar-refractivity contribution in [2.45, 2.75) is 19.0 Å². The molecule has 1 aromatic heterocycles. The first-order valence-electron chi connectivity index (χ1n) is 6.35. The number of carboxylic acids is 1. The summed E-state index contributed by atoms with van der Waals surface area (Å²) in [6, 6.07) is 1.61. The molecule has 1 aliphatic rings. The molecule has 6 nitrogen and oxygen atoms in total. The van der Waals surface area contributed by atoms with Crippen LogP contribution in [0, 0.1) is 0 Å². The second-order valence-corrected chi connectivity index (χ2v) is 5.72. The van der Waals surface area contributed by atoms with E-state index >= 15 is 0 Å². The lowest BCUT2D eigenvalue weighted by Crippen LogP contribution is -2.42. The third-order valence-electron chi connectivity index (χ3n) is 3.11. The molecule has 0 saturated carbocycles. The van der Waals surface area contributed by atoms with Gasteiger partial charge in [0, 0.05) is 13.5 Å². The number of thioether (sulfide) groups is 1. The Hall–Kier alpha value is -1.86. The van der Waals surface area contributed by atoms with Gasteiger partial charge in [-0.15, -0.1) is 0 Å². The van der Waals surface area contributed by atoms with E-state index in [0.717, 1.165) is 11.8 Å². The minimum absolute atomic E-state index is 0.0104. The van der Waals surface area contributed by atoms with Crippen molar-refractivity contribution < 1.29 is 23.9 Å². The van der Waals surface area contributed by atoms with Crippen LogP contribution in [0.15, 0.2) is 35.0 Å². The van der Waals surface area contributed by atoms with E-state index in [-0.39, 0.29) is 16.7 Å². The lowest BCUT2D eigenvalue weighted by molar-refractivity contribution is -0.142. The second-order valence-electron chi connectivity index (χ2n) is 4.57. The van der Waals surface area contributed by atoms with Crippen LogP contribution >= 0.6 is 11.8 Å². The average molecular weight is 309 g/mol. The van der Waals surface area contributed by atoms with E-state index < -0.39 is 18.1 Å². The summed E-state index contributed by atoms with van der Waals surface area (Å²) in [7, 11) is 0. The Morgan fingerprint density at radius 1 is 1.52 bits per heavy atom. The van der Waals surface area contributed by atoms with Crippen molar-refractivity contribution in [2.24, 2.45) is 0 Å². The molecule has 7 heteroatoms. The van der Waals surface area contributed by atoms with Crippen molar-refractivity contribution in [1.82, 2.24) is 4.90 Å². The largest absolute Gasteiger partial charge is 0.480 e. The summed E-state index contributed by atoms with van der Waals surface area (Å²) >= 11 is 0.909. The number of nitrogens with zero attached hydrogens (tertiary/aromatic N) is 1. The fourth-order valence-electron chi connectivity index (χ4n) is 2.23. The number of hydrogen-bond donors (Lipinski definition) is 1. The summed E-state index contributed by atoms with van der Waals surface area (Å²) in [6.07, 6.45) is 4.69. The van der Waals surface area contributed by atoms with Crippen LogP contribution in [0.2, 0.25) is 0 Å². The molecule has 0 saturated heterocycles. The quantitative estimate of drug-likeness (QED) is 0.796. The van der Waals surface area contributed by atoms with Gasteiger partial charge in [-0.2, -0.15) is 0 Å². The van der Waals surface area contributed by atoms with Gasteiger partial charge in [-0.05, 0) is 12.1 Å². The van der Waals surface area contributed by atoms with Crippen LogP contribution in [0.3, 0.4) is 0 Å². The van der Waals surface area contributed by atoms with E-state index in [0.29, 0.717) is 12.3 Å². The number of carboxylic acid groups (broad SMARTS) is 1. The smallest absolute Gasteiger partial charge is 0.324 e. The van der Waals surface area contributed by atoms with Gasteiger partial charge in [0.05, 0.1) is 12.0 Å². The maximum absolute atomic E-state index is 12.4. The molecule has 0 fully saturated rings. The summed E-state index contributed by atoms with van der Waals surface area (Å²) < 4.78 is 5.29. The molecule has 0 radical (unpaired) electrons. The topological polar surface area (TPSA) is 87.8 Å². The van der Waals surface area contributed by atoms with Gasteiger partial charge in [-0.25, -0.2) is 0 Å². The van der Waals surface area contributed by atoms with Gasteiger partial charge >= 0.3 is 5.97 Å².